The second-order valence-electron chi connectivity index (χ2n) is 6.31. The SMILES string of the molecule is COC(=O)CN(c1nc(Cl)ncc1C(=O)OC)C1(C[N+](=O)[O-])CCCCC1. The van der Waals surface area contributed by atoms with Crippen molar-refractivity contribution in [3.05, 3.63) is 27.2 Å². The summed E-state index contributed by atoms with van der Waals surface area (Å²) >= 11 is 5.92. The highest BCUT2D eigenvalue weighted by molar-refractivity contribution is 6.28. The summed E-state index contributed by atoms with van der Waals surface area (Å²) in [6, 6.07) is 0. The zero-order valence-corrected chi connectivity index (χ0v) is 15.9. The van der Waals surface area contributed by atoms with Crippen LogP contribution >= 0.6 is 11.6 Å². The average molecular weight is 401 g/mol. The molecule has 1 heterocycles. The van der Waals surface area contributed by atoms with Crippen LogP contribution in [0.15, 0.2) is 6.20 Å². The van der Waals surface area contributed by atoms with Gasteiger partial charge in [0.1, 0.15) is 23.5 Å². The molecule has 0 atom stereocenters. The van der Waals surface area contributed by atoms with Crippen LogP contribution in [0.4, 0.5) is 5.82 Å². The number of halogens is 1. The van der Waals surface area contributed by atoms with E-state index in [2.05, 4.69) is 9.97 Å². The Bertz CT molecular complexity index is 723. The number of carbonyl (C=O) groups is 2. The Morgan fingerprint density at radius 1 is 1.30 bits per heavy atom. The Balaban J connectivity index is 2.63. The zero-order chi connectivity index (χ0) is 20.0. The summed E-state index contributed by atoms with van der Waals surface area (Å²) in [5.41, 5.74) is -1.03. The molecule has 1 aliphatic carbocycles. The number of carbonyl (C=O) groups excluding carboxylic acids is 2. The second-order valence-corrected chi connectivity index (χ2v) is 6.64. The van der Waals surface area contributed by atoms with Gasteiger partial charge in [0, 0.05) is 11.1 Å². The summed E-state index contributed by atoms with van der Waals surface area (Å²) in [6.45, 7) is -0.728. The summed E-state index contributed by atoms with van der Waals surface area (Å²) in [7, 11) is 2.41. The third-order valence-electron chi connectivity index (χ3n) is 4.70. The van der Waals surface area contributed by atoms with Gasteiger partial charge in [-0.3, -0.25) is 14.9 Å². The number of esters is 2. The van der Waals surface area contributed by atoms with E-state index in [9.17, 15) is 19.7 Å². The molecule has 1 aromatic heterocycles. The van der Waals surface area contributed by atoms with Gasteiger partial charge in [-0.15, -0.1) is 0 Å². The molecule has 0 spiro atoms. The molecule has 0 saturated heterocycles. The Morgan fingerprint density at radius 3 is 2.52 bits per heavy atom. The second kappa shape index (κ2) is 8.94. The van der Waals surface area contributed by atoms with Crippen LogP contribution in [0.2, 0.25) is 5.28 Å². The van der Waals surface area contributed by atoms with Gasteiger partial charge in [0.2, 0.25) is 11.8 Å². The Kier molecular flexibility index (Phi) is 6.89. The van der Waals surface area contributed by atoms with Gasteiger partial charge < -0.3 is 14.4 Å². The lowest BCUT2D eigenvalue weighted by Gasteiger charge is -2.44. The zero-order valence-electron chi connectivity index (χ0n) is 15.1. The molecule has 1 aromatic rings. The average Bonchev–Trinajstić information content (AvgIpc) is 2.65. The van der Waals surface area contributed by atoms with Crippen LogP contribution in [0.25, 0.3) is 0 Å². The van der Waals surface area contributed by atoms with Gasteiger partial charge in [-0.05, 0) is 24.4 Å². The van der Waals surface area contributed by atoms with Crippen molar-refractivity contribution < 1.29 is 24.0 Å². The van der Waals surface area contributed by atoms with Crippen molar-refractivity contribution in [1.82, 2.24) is 9.97 Å². The lowest BCUT2D eigenvalue weighted by molar-refractivity contribution is -0.490. The molecular formula is C16H21ClN4O6. The number of hydrogen-bond acceptors (Lipinski definition) is 9. The van der Waals surface area contributed by atoms with Crippen molar-refractivity contribution in [3.63, 3.8) is 0 Å². The van der Waals surface area contributed by atoms with Crippen LogP contribution in [0.1, 0.15) is 42.5 Å². The van der Waals surface area contributed by atoms with Crippen molar-refractivity contribution >= 4 is 29.4 Å². The number of rotatable bonds is 7. The monoisotopic (exact) mass is 400 g/mol. The highest BCUT2D eigenvalue weighted by Gasteiger charge is 2.45. The van der Waals surface area contributed by atoms with Gasteiger partial charge in [0.05, 0.1) is 14.2 Å². The van der Waals surface area contributed by atoms with Gasteiger partial charge in [-0.2, -0.15) is 4.98 Å². The summed E-state index contributed by atoms with van der Waals surface area (Å²) in [6.07, 6.45) is 4.54. The number of methoxy groups -OCH3 is 2. The Labute approximate surface area is 161 Å². The highest BCUT2D eigenvalue weighted by atomic mass is 35.5. The lowest BCUT2D eigenvalue weighted by atomic mass is 9.80. The molecule has 0 bridgehead atoms. The summed E-state index contributed by atoms with van der Waals surface area (Å²) in [5.74, 6) is -1.33. The third kappa shape index (κ3) is 4.82. The van der Waals surface area contributed by atoms with Crippen molar-refractivity contribution in [1.29, 1.82) is 0 Å². The standard InChI is InChI=1S/C16H21ClN4O6/c1-26-12(22)9-20(16(10-21(24)25)6-4-3-5-7-16)13-11(14(23)27-2)8-18-15(17)19-13/h8H,3-7,9-10H2,1-2H3. The number of nitro groups is 1. The first kappa shape index (κ1) is 20.8. The fourth-order valence-electron chi connectivity index (χ4n) is 3.44. The van der Waals surface area contributed by atoms with Crippen molar-refractivity contribution in [2.24, 2.45) is 0 Å². The van der Waals surface area contributed by atoms with E-state index < -0.39 is 28.9 Å². The van der Waals surface area contributed by atoms with E-state index in [1.54, 1.807) is 0 Å². The minimum absolute atomic E-state index is 0.0241. The van der Waals surface area contributed by atoms with Crippen LogP contribution in [0.3, 0.4) is 0 Å². The minimum atomic E-state index is -1.00. The van der Waals surface area contributed by atoms with E-state index in [1.165, 1.54) is 25.3 Å². The predicted octanol–water partition coefficient (Wildman–Crippen LogP) is 1.88. The van der Waals surface area contributed by atoms with Crippen LogP contribution < -0.4 is 4.90 Å². The van der Waals surface area contributed by atoms with Crippen LogP contribution in [0.5, 0.6) is 0 Å². The number of aromatic nitrogens is 2. The van der Waals surface area contributed by atoms with Crippen LogP contribution in [-0.4, -0.2) is 59.7 Å². The Hall–Kier alpha value is -2.49. The topological polar surface area (TPSA) is 125 Å². The molecule has 27 heavy (non-hydrogen) atoms. The first-order valence-electron chi connectivity index (χ1n) is 8.40. The van der Waals surface area contributed by atoms with Gasteiger partial charge >= 0.3 is 11.9 Å². The van der Waals surface area contributed by atoms with Crippen molar-refractivity contribution in [3.8, 4) is 0 Å². The molecule has 2 rings (SSSR count). The normalized spacial score (nSPS) is 15.7. The number of hydrogen-bond donors (Lipinski definition) is 0. The van der Waals surface area contributed by atoms with E-state index >= 15 is 0 Å². The Morgan fingerprint density at radius 2 is 1.96 bits per heavy atom. The first-order chi connectivity index (χ1) is 12.8. The number of anilines is 1. The van der Waals surface area contributed by atoms with Gasteiger partial charge in [-0.1, -0.05) is 19.3 Å². The molecule has 0 radical (unpaired) electrons. The minimum Gasteiger partial charge on any atom is -0.468 e. The van der Waals surface area contributed by atoms with Gasteiger partial charge in [0.25, 0.3) is 0 Å². The lowest BCUT2D eigenvalue weighted by Crippen LogP contribution is -2.57. The van der Waals surface area contributed by atoms with E-state index in [0.717, 1.165) is 19.3 Å². The maximum atomic E-state index is 12.2. The molecule has 148 valence electrons. The maximum Gasteiger partial charge on any atom is 0.343 e. The predicted molar refractivity (Wildman–Crippen MR) is 95.4 cm³/mol. The summed E-state index contributed by atoms with van der Waals surface area (Å²) < 4.78 is 9.52. The molecule has 0 N–H and O–H groups in total. The quantitative estimate of drug-likeness (QED) is 0.292. The molecule has 1 aliphatic rings. The first-order valence-corrected chi connectivity index (χ1v) is 8.78. The van der Waals surface area contributed by atoms with E-state index in [4.69, 9.17) is 21.1 Å². The molecule has 11 heteroatoms. The smallest absolute Gasteiger partial charge is 0.343 e. The molecular weight excluding hydrogens is 380 g/mol. The van der Waals surface area contributed by atoms with E-state index in [1.807, 2.05) is 0 Å². The fraction of sp³-hybridized carbons (Fsp3) is 0.625. The van der Waals surface area contributed by atoms with Gasteiger partial charge in [0.15, 0.2) is 0 Å². The molecule has 10 nitrogen and oxygen atoms in total. The molecule has 0 aliphatic heterocycles. The molecule has 1 fully saturated rings. The van der Waals surface area contributed by atoms with Crippen molar-refractivity contribution in [2.75, 3.05) is 32.2 Å². The third-order valence-corrected chi connectivity index (χ3v) is 4.88. The largest absolute Gasteiger partial charge is 0.468 e. The van der Waals surface area contributed by atoms with Crippen LogP contribution in [0, 0.1) is 10.1 Å². The van der Waals surface area contributed by atoms with E-state index in [0.29, 0.717) is 12.8 Å². The van der Waals surface area contributed by atoms with Gasteiger partial charge in [-0.25, -0.2) is 9.78 Å². The number of nitrogens with zero attached hydrogens (tertiary/aromatic N) is 4. The summed E-state index contributed by atoms with van der Waals surface area (Å²) in [4.78, 5) is 44.6. The molecule has 0 unspecified atom stereocenters. The number of ether oxygens (including phenoxy) is 2. The molecule has 1 saturated carbocycles. The van der Waals surface area contributed by atoms with Crippen molar-refractivity contribution in [2.45, 2.75) is 37.6 Å². The maximum absolute atomic E-state index is 12.2. The van der Waals surface area contributed by atoms with Crippen LogP contribution in [-0.2, 0) is 14.3 Å². The highest BCUT2D eigenvalue weighted by Crippen LogP contribution is 2.38. The molecule has 0 amide bonds. The van der Waals surface area contributed by atoms with E-state index in [-0.39, 0.29) is 23.2 Å². The fourth-order valence-corrected chi connectivity index (χ4v) is 3.57. The molecule has 0 aromatic carbocycles. The summed E-state index contributed by atoms with van der Waals surface area (Å²) in [5, 5.41) is 11.3.